The van der Waals surface area contributed by atoms with E-state index in [1.165, 1.54) is 0 Å². The third-order valence-corrected chi connectivity index (χ3v) is 7.94. The molecule has 0 aromatic rings. The van der Waals surface area contributed by atoms with Gasteiger partial charge in [0, 0.05) is 0 Å². The summed E-state index contributed by atoms with van der Waals surface area (Å²) in [6.45, 7) is -3.48. The Bertz CT molecular complexity index is 396. The van der Waals surface area contributed by atoms with Crippen molar-refractivity contribution < 1.29 is 35.4 Å². The minimum atomic E-state index is -4.70. The van der Waals surface area contributed by atoms with E-state index in [1.807, 2.05) is 0 Å². The molecule has 0 saturated carbocycles. The van der Waals surface area contributed by atoms with Gasteiger partial charge in [-0.05, 0) is 42.3 Å². The van der Waals surface area contributed by atoms with E-state index in [0.717, 1.165) is 0 Å². The van der Waals surface area contributed by atoms with E-state index in [-0.39, 0.29) is 0 Å². The van der Waals surface area contributed by atoms with Gasteiger partial charge >= 0.3 is 20.9 Å². The highest BCUT2D eigenvalue weighted by atomic mass is 31.2. The highest BCUT2D eigenvalue weighted by Crippen LogP contribution is 2.62. The Morgan fingerprint density at radius 3 is 1.25 bits per heavy atom. The van der Waals surface area contributed by atoms with Crippen molar-refractivity contribution >= 4 is 16.0 Å². The highest BCUT2D eigenvalue weighted by molar-refractivity contribution is 7.65. The Labute approximate surface area is 138 Å². The fraction of sp³-hybridized carbons (Fsp3) is 1.00. The summed E-state index contributed by atoms with van der Waals surface area (Å²) in [4.78, 5) is 0. The van der Waals surface area contributed by atoms with Crippen LogP contribution in [0.3, 0.4) is 0 Å². The average Bonchev–Trinajstić information content (AvgIpc) is 2.34. The summed E-state index contributed by atoms with van der Waals surface area (Å²) < 4.78 is 92.1. The van der Waals surface area contributed by atoms with E-state index < -0.39 is 41.6 Å². The Morgan fingerprint density at radius 1 is 0.750 bits per heavy atom. The molecule has 0 aliphatic heterocycles. The summed E-state index contributed by atoms with van der Waals surface area (Å²) in [6, 6.07) is 0. The van der Waals surface area contributed by atoms with Crippen molar-refractivity contribution in [3.8, 4) is 0 Å². The van der Waals surface area contributed by atoms with Crippen molar-refractivity contribution in [2.24, 2.45) is 4.52 Å². The molecule has 0 bridgehead atoms. The van der Waals surface area contributed by atoms with Crippen LogP contribution in [0.2, 0.25) is 0 Å². The molecule has 0 aliphatic carbocycles. The van der Waals surface area contributed by atoms with E-state index in [9.17, 15) is 26.3 Å². The zero-order chi connectivity index (χ0) is 19.3. The molecule has 14 heteroatoms. The van der Waals surface area contributed by atoms with Gasteiger partial charge < -0.3 is 9.05 Å². The van der Waals surface area contributed by atoms with Gasteiger partial charge in [0.05, 0.1) is 0 Å². The van der Waals surface area contributed by atoms with Gasteiger partial charge in [-0.2, -0.15) is 30.9 Å². The standard InChI is InChI=1S/C10H22F6N4O2P2/c1-18(2)24(19(3)4,20(5)6)17-23(21-7-9(11,12)13)22-8-10(14,15)16/h7-8H2,1-6H3. The van der Waals surface area contributed by atoms with Gasteiger partial charge in [0.15, 0.2) is 20.7 Å². The Kier molecular flexibility index (Phi) is 9.13. The first kappa shape index (κ1) is 24.0. The summed E-state index contributed by atoms with van der Waals surface area (Å²) in [5, 5.41) is 0. The first-order chi connectivity index (χ1) is 10.6. The molecule has 0 rings (SSSR count). The Morgan fingerprint density at radius 2 is 1.04 bits per heavy atom. The highest BCUT2D eigenvalue weighted by Gasteiger charge is 2.37. The molecule has 146 valence electrons. The first-order valence-electron chi connectivity index (χ1n) is 6.47. The van der Waals surface area contributed by atoms with E-state index >= 15 is 0 Å². The van der Waals surface area contributed by atoms with Crippen molar-refractivity contribution in [1.29, 1.82) is 0 Å². The van der Waals surface area contributed by atoms with Crippen molar-refractivity contribution in [2.45, 2.75) is 12.4 Å². The summed E-state index contributed by atoms with van der Waals surface area (Å²) in [5.74, 6) is 0. The third-order valence-electron chi connectivity index (χ3n) is 2.48. The summed E-state index contributed by atoms with van der Waals surface area (Å²) >= 11 is 0. The van der Waals surface area contributed by atoms with Gasteiger partial charge in [-0.15, -0.1) is 0 Å². The molecular weight excluding hydrogens is 384 g/mol. The predicted octanol–water partition coefficient (Wildman–Crippen LogP) is 4.00. The molecule has 0 spiro atoms. The molecular formula is C10H22F6N4O2P2. The number of halogens is 6. The van der Waals surface area contributed by atoms with Crippen LogP contribution in [0, 0.1) is 0 Å². The molecule has 0 fully saturated rings. The maximum absolute atomic E-state index is 12.3. The number of hydrogen-bond acceptors (Lipinski definition) is 3. The van der Waals surface area contributed by atoms with E-state index in [1.54, 1.807) is 56.3 Å². The van der Waals surface area contributed by atoms with E-state index in [2.05, 4.69) is 13.6 Å². The van der Waals surface area contributed by atoms with Crippen LogP contribution in [0.4, 0.5) is 26.3 Å². The smallest absolute Gasteiger partial charge is 0.307 e. The van der Waals surface area contributed by atoms with Gasteiger partial charge in [-0.1, -0.05) is 0 Å². The van der Waals surface area contributed by atoms with Crippen molar-refractivity contribution in [2.75, 3.05) is 55.5 Å². The van der Waals surface area contributed by atoms with Gasteiger partial charge in [0.2, 0.25) is 0 Å². The maximum Gasteiger partial charge on any atom is 0.412 e. The second-order valence-corrected chi connectivity index (χ2v) is 10.4. The molecule has 0 aromatic heterocycles. The number of rotatable bonds is 8. The number of nitrogens with zero attached hydrogens (tertiary/aromatic N) is 4. The second kappa shape index (κ2) is 9.12. The monoisotopic (exact) mass is 406 g/mol. The molecule has 0 aliphatic rings. The lowest BCUT2D eigenvalue weighted by Crippen LogP contribution is -2.30. The minimum absolute atomic E-state index is 1.62. The van der Waals surface area contributed by atoms with Crippen LogP contribution >= 0.6 is 16.0 Å². The molecule has 0 unspecified atom stereocenters. The molecule has 0 heterocycles. The normalized spacial score (nSPS) is 14.3. The number of hydrogen-bond donors (Lipinski definition) is 0. The Hall–Kier alpha value is 0.0400. The van der Waals surface area contributed by atoms with Crippen LogP contribution < -0.4 is 0 Å². The third kappa shape index (κ3) is 7.95. The fourth-order valence-electron chi connectivity index (χ4n) is 1.76. The molecule has 0 radical (unpaired) electrons. The summed E-state index contributed by atoms with van der Waals surface area (Å²) in [7, 11) is 4.21. The zero-order valence-corrected chi connectivity index (χ0v) is 16.0. The summed E-state index contributed by atoms with van der Waals surface area (Å²) in [5.41, 5.74) is 0. The van der Waals surface area contributed by atoms with Crippen LogP contribution in [-0.4, -0.2) is 81.9 Å². The molecule has 0 aromatic carbocycles. The lowest BCUT2D eigenvalue weighted by Gasteiger charge is -2.41. The van der Waals surface area contributed by atoms with E-state index in [0.29, 0.717) is 0 Å². The molecule has 0 amide bonds. The average molecular weight is 406 g/mol. The fourth-order valence-corrected chi connectivity index (χ4v) is 7.61. The largest absolute Gasteiger partial charge is 0.412 e. The minimum Gasteiger partial charge on any atom is -0.307 e. The van der Waals surface area contributed by atoms with Crippen molar-refractivity contribution in [3.63, 3.8) is 0 Å². The van der Waals surface area contributed by atoms with Crippen LogP contribution in [0.15, 0.2) is 4.52 Å². The molecule has 24 heavy (non-hydrogen) atoms. The lowest BCUT2D eigenvalue weighted by atomic mass is 10.7. The molecule has 0 saturated heterocycles. The second-order valence-electron chi connectivity index (χ2n) is 5.18. The van der Waals surface area contributed by atoms with Crippen LogP contribution in [0.25, 0.3) is 0 Å². The van der Waals surface area contributed by atoms with E-state index in [4.69, 9.17) is 0 Å². The van der Waals surface area contributed by atoms with Crippen LogP contribution in [0.5, 0.6) is 0 Å². The molecule has 6 nitrogen and oxygen atoms in total. The maximum atomic E-state index is 12.3. The van der Waals surface area contributed by atoms with Crippen LogP contribution in [-0.2, 0) is 9.05 Å². The van der Waals surface area contributed by atoms with Gasteiger partial charge in [0.1, 0.15) is 0 Å². The topological polar surface area (TPSA) is 40.5 Å². The van der Waals surface area contributed by atoms with Crippen molar-refractivity contribution in [1.82, 2.24) is 14.0 Å². The van der Waals surface area contributed by atoms with Crippen LogP contribution in [0.1, 0.15) is 0 Å². The quantitative estimate of drug-likeness (QED) is 0.450. The molecule has 0 N–H and O–H groups in total. The predicted molar refractivity (Wildman–Crippen MR) is 81.3 cm³/mol. The summed E-state index contributed by atoms with van der Waals surface area (Å²) in [6.07, 6.45) is -9.40. The van der Waals surface area contributed by atoms with Gasteiger partial charge in [0.25, 0.3) is 0 Å². The van der Waals surface area contributed by atoms with Gasteiger partial charge in [-0.3, -0.25) is 14.0 Å². The Balaban J connectivity index is 5.70. The number of alkyl halides is 6. The van der Waals surface area contributed by atoms with Crippen molar-refractivity contribution in [3.05, 3.63) is 0 Å². The zero-order valence-electron chi connectivity index (χ0n) is 14.2. The molecule has 0 atom stereocenters. The van der Waals surface area contributed by atoms with Gasteiger partial charge in [-0.25, -0.2) is 0 Å². The first-order valence-corrected chi connectivity index (χ1v) is 9.20. The lowest BCUT2D eigenvalue weighted by molar-refractivity contribution is -0.162. The SMILES string of the molecule is CN(C)P(=NP(OCC(F)(F)F)OCC(F)(F)F)(N(C)C)N(C)C.